The summed E-state index contributed by atoms with van der Waals surface area (Å²) >= 11 is 0. The number of pyridine rings is 1. The van der Waals surface area contributed by atoms with Crippen LogP contribution in [-0.2, 0) is 0 Å². The smallest absolute Gasteiger partial charge is 0.101 e. The predicted octanol–water partition coefficient (Wildman–Crippen LogP) is 2.84. The Hall–Kier alpha value is -2.60. The van der Waals surface area contributed by atoms with Crippen molar-refractivity contribution in [2.24, 2.45) is 0 Å². The molecule has 0 saturated heterocycles. The Labute approximate surface area is 98.1 Å². The first-order valence-corrected chi connectivity index (χ1v) is 5.27. The fourth-order valence-electron chi connectivity index (χ4n) is 1.97. The van der Waals surface area contributed by atoms with Gasteiger partial charge in [-0.1, -0.05) is 18.2 Å². The predicted molar refractivity (Wildman–Crippen MR) is 68.4 cm³/mol. The van der Waals surface area contributed by atoms with Crippen LogP contribution < -0.4 is 5.73 Å². The number of nitriles is 1. The molecule has 0 aliphatic heterocycles. The lowest BCUT2D eigenvalue weighted by molar-refractivity contribution is 1.47. The van der Waals surface area contributed by atoms with Gasteiger partial charge in [-0.2, -0.15) is 5.26 Å². The highest BCUT2D eigenvalue weighted by atomic mass is 14.7. The molecular formula is C14H9N3. The molecule has 0 amide bonds. The van der Waals surface area contributed by atoms with E-state index in [1.165, 1.54) is 0 Å². The van der Waals surface area contributed by atoms with Crippen molar-refractivity contribution < 1.29 is 0 Å². The van der Waals surface area contributed by atoms with Crippen molar-refractivity contribution in [3.05, 3.63) is 48.0 Å². The molecular weight excluding hydrogens is 210 g/mol. The number of benzene rings is 2. The molecule has 0 saturated carbocycles. The number of nitrogens with two attached hydrogens (primary N) is 1. The third-order valence-corrected chi connectivity index (χ3v) is 2.86. The van der Waals surface area contributed by atoms with Crippen molar-refractivity contribution in [2.75, 3.05) is 5.73 Å². The van der Waals surface area contributed by atoms with Crippen molar-refractivity contribution in [3.8, 4) is 6.07 Å². The standard InChI is InChI=1S/C14H9N3/c15-8-10-5-6-13-11(14(10)16)7-9-3-1-2-4-12(9)17-13/h1-7H,16H2. The number of rotatable bonds is 0. The Morgan fingerprint density at radius 3 is 2.71 bits per heavy atom. The van der Waals surface area contributed by atoms with Crippen LogP contribution in [-0.4, -0.2) is 4.98 Å². The van der Waals surface area contributed by atoms with Crippen LogP contribution in [0.1, 0.15) is 5.56 Å². The van der Waals surface area contributed by atoms with Crippen molar-refractivity contribution >= 4 is 27.5 Å². The summed E-state index contributed by atoms with van der Waals surface area (Å²) in [6.45, 7) is 0. The third kappa shape index (κ3) is 1.39. The van der Waals surface area contributed by atoms with Crippen LogP contribution in [0.25, 0.3) is 21.8 Å². The monoisotopic (exact) mass is 219 g/mol. The molecule has 0 aliphatic rings. The summed E-state index contributed by atoms with van der Waals surface area (Å²) in [5, 5.41) is 10.8. The van der Waals surface area contributed by atoms with Gasteiger partial charge >= 0.3 is 0 Å². The molecule has 17 heavy (non-hydrogen) atoms. The van der Waals surface area contributed by atoms with Crippen LogP contribution in [0, 0.1) is 11.3 Å². The zero-order chi connectivity index (χ0) is 11.8. The average molecular weight is 219 g/mol. The normalized spacial score (nSPS) is 10.5. The van der Waals surface area contributed by atoms with Gasteiger partial charge in [-0.25, -0.2) is 4.98 Å². The minimum absolute atomic E-state index is 0.495. The van der Waals surface area contributed by atoms with Gasteiger partial charge in [0, 0.05) is 10.8 Å². The summed E-state index contributed by atoms with van der Waals surface area (Å²) in [7, 11) is 0. The lowest BCUT2D eigenvalue weighted by Gasteiger charge is -2.05. The van der Waals surface area contributed by atoms with Gasteiger partial charge in [0.1, 0.15) is 6.07 Å². The molecule has 0 fully saturated rings. The van der Waals surface area contributed by atoms with Crippen molar-refractivity contribution in [1.82, 2.24) is 4.98 Å². The van der Waals surface area contributed by atoms with E-state index in [1.807, 2.05) is 36.4 Å². The van der Waals surface area contributed by atoms with E-state index < -0.39 is 0 Å². The maximum atomic E-state index is 8.94. The minimum atomic E-state index is 0.495. The van der Waals surface area contributed by atoms with Crippen LogP contribution in [0.4, 0.5) is 5.69 Å². The van der Waals surface area contributed by atoms with Gasteiger partial charge in [0.25, 0.3) is 0 Å². The van der Waals surface area contributed by atoms with Crippen molar-refractivity contribution in [3.63, 3.8) is 0 Å². The Kier molecular flexibility index (Phi) is 1.96. The SMILES string of the molecule is N#Cc1ccc2nc3ccccc3cc2c1N. The van der Waals surface area contributed by atoms with Gasteiger partial charge in [0.2, 0.25) is 0 Å². The topological polar surface area (TPSA) is 62.7 Å². The second kappa shape index (κ2) is 3.46. The number of aromatic nitrogens is 1. The highest BCUT2D eigenvalue weighted by molar-refractivity contribution is 6.00. The summed E-state index contributed by atoms with van der Waals surface area (Å²) in [4.78, 5) is 4.52. The molecule has 3 aromatic rings. The molecule has 1 heterocycles. The van der Waals surface area contributed by atoms with Crippen molar-refractivity contribution in [2.45, 2.75) is 0 Å². The Morgan fingerprint density at radius 2 is 1.88 bits per heavy atom. The molecule has 0 spiro atoms. The maximum absolute atomic E-state index is 8.94. The molecule has 2 aromatic carbocycles. The van der Waals surface area contributed by atoms with E-state index in [0.717, 1.165) is 21.8 Å². The molecule has 3 nitrogen and oxygen atoms in total. The average Bonchev–Trinajstić information content (AvgIpc) is 2.37. The zero-order valence-corrected chi connectivity index (χ0v) is 9.01. The molecule has 3 rings (SSSR count). The van der Waals surface area contributed by atoms with Gasteiger partial charge in [-0.15, -0.1) is 0 Å². The van der Waals surface area contributed by atoms with Crippen LogP contribution in [0.5, 0.6) is 0 Å². The van der Waals surface area contributed by atoms with Gasteiger partial charge in [-0.3, -0.25) is 0 Å². The minimum Gasteiger partial charge on any atom is -0.397 e. The molecule has 0 radical (unpaired) electrons. The molecule has 80 valence electrons. The van der Waals surface area contributed by atoms with Crippen molar-refractivity contribution in [1.29, 1.82) is 5.26 Å². The summed E-state index contributed by atoms with van der Waals surface area (Å²) in [6.07, 6.45) is 0. The summed E-state index contributed by atoms with van der Waals surface area (Å²) in [6, 6.07) is 15.5. The molecule has 2 N–H and O–H groups in total. The zero-order valence-electron chi connectivity index (χ0n) is 9.01. The van der Waals surface area contributed by atoms with Gasteiger partial charge in [-0.05, 0) is 24.3 Å². The highest BCUT2D eigenvalue weighted by Gasteiger charge is 2.06. The second-order valence-electron chi connectivity index (χ2n) is 3.89. The Morgan fingerprint density at radius 1 is 1.06 bits per heavy atom. The summed E-state index contributed by atoms with van der Waals surface area (Å²) in [5.41, 5.74) is 8.71. The van der Waals surface area contributed by atoms with Crippen LogP contribution >= 0.6 is 0 Å². The van der Waals surface area contributed by atoms with Gasteiger partial charge in [0.15, 0.2) is 0 Å². The van der Waals surface area contributed by atoms with E-state index in [-0.39, 0.29) is 0 Å². The molecule has 0 bridgehead atoms. The summed E-state index contributed by atoms with van der Waals surface area (Å²) < 4.78 is 0. The van der Waals surface area contributed by atoms with E-state index in [1.54, 1.807) is 6.07 Å². The Bertz CT molecular complexity index is 769. The van der Waals surface area contributed by atoms with Gasteiger partial charge < -0.3 is 5.73 Å². The van der Waals surface area contributed by atoms with Gasteiger partial charge in [0.05, 0.1) is 22.3 Å². The first-order valence-electron chi connectivity index (χ1n) is 5.27. The lowest BCUT2D eigenvalue weighted by Crippen LogP contribution is -1.93. The number of anilines is 1. The van der Waals surface area contributed by atoms with E-state index in [0.29, 0.717) is 11.3 Å². The van der Waals surface area contributed by atoms with E-state index in [9.17, 15) is 0 Å². The van der Waals surface area contributed by atoms with E-state index in [4.69, 9.17) is 11.0 Å². The molecule has 0 aliphatic carbocycles. The number of para-hydroxylation sites is 1. The molecule has 0 unspecified atom stereocenters. The summed E-state index contributed by atoms with van der Waals surface area (Å²) in [5.74, 6) is 0. The number of nitrogens with zero attached hydrogens (tertiary/aromatic N) is 2. The number of nitrogen functional groups attached to an aromatic ring is 1. The van der Waals surface area contributed by atoms with E-state index in [2.05, 4.69) is 11.1 Å². The fourth-order valence-corrected chi connectivity index (χ4v) is 1.97. The lowest BCUT2D eigenvalue weighted by atomic mass is 10.1. The number of hydrogen-bond acceptors (Lipinski definition) is 3. The van der Waals surface area contributed by atoms with E-state index >= 15 is 0 Å². The molecule has 0 atom stereocenters. The van der Waals surface area contributed by atoms with Crippen LogP contribution in [0.15, 0.2) is 42.5 Å². The Balaban J connectivity index is 2.49. The first kappa shape index (κ1) is 9.61. The number of fused-ring (bicyclic) bond motifs is 2. The maximum Gasteiger partial charge on any atom is 0.101 e. The quantitative estimate of drug-likeness (QED) is 0.467. The fraction of sp³-hybridized carbons (Fsp3) is 0. The highest BCUT2D eigenvalue weighted by Crippen LogP contribution is 2.26. The second-order valence-corrected chi connectivity index (χ2v) is 3.89. The largest absolute Gasteiger partial charge is 0.397 e. The number of hydrogen-bond donors (Lipinski definition) is 1. The molecule has 3 heteroatoms. The van der Waals surface area contributed by atoms with Crippen LogP contribution in [0.2, 0.25) is 0 Å². The first-order chi connectivity index (χ1) is 8.29. The van der Waals surface area contributed by atoms with Crippen LogP contribution in [0.3, 0.4) is 0 Å². The third-order valence-electron chi connectivity index (χ3n) is 2.86. The molecule has 1 aromatic heterocycles.